The van der Waals surface area contributed by atoms with Crippen LogP contribution in [0.15, 0.2) is 24.3 Å². The first-order valence-electron chi connectivity index (χ1n) is 5.52. The Morgan fingerprint density at radius 2 is 1.86 bits per heavy atom. The molecule has 0 radical (unpaired) electrons. The molecule has 1 heterocycles. The largest absolute Gasteiger partial charge is 0.310 e. The van der Waals surface area contributed by atoms with Crippen LogP contribution in [0, 0.1) is 5.92 Å². The first kappa shape index (κ1) is 9.72. The normalized spacial score (nSPS) is 26.3. The fourth-order valence-corrected chi connectivity index (χ4v) is 2.36. The van der Waals surface area contributed by atoms with E-state index in [-0.39, 0.29) is 0 Å². The van der Waals surface area contributed by atoms with Crippen molar-refractivity contribution in [2.75, 3.05) is 6.54 Å². The van der Waals surface area contributed by atoms with Gasteiger partial charge < -0.3 is 5.32 Å². The van der Waals surface area contributed by atoms with Crippen molar-refractivity contribution in [2.24, 2.45) is 5.92 Å². The van der Waals surface area contributed by atoms with Gasteiger partial charge in [-0.05, 0) is 29.9 Å². The van der Waals surface area contributed by atoms with Gasteiger partial charge in [-0.15, -0.1) is 0 Å². The quantitative estimate of drug-likeness (QED) is 0.716. The molecule has 0 fully saturated rings. The Balaban J connectivity index is 2.41. The van der Waals surface area contributed by atoms with E-state index in [0.29, 0.717) is 12.0 Å². The van der Waals surface area contributed by atoms with Gasteiger partial charge in [-0.1, -0.05) is 38.1 Å². The van der Waals surface area contributed by atoms with Crippen LogP contribution >= 0.6 is 0 Å². The predicted octanol–water partition coefficient (Wildman–Crippen LogP) is 3.09. The van der Waals surface area contributed by atoms with Crippen LogP contribution in [0.1, 0.15) is 43.9 Å². The lowest BCUT2D eigenvalue weighted by Crippen LogP contribution is -2.33. The van der Waals surface area contributed by atoms with Gasteiger partial charge in [0, 0.05) is 12.6 Å². The lowest BCUT2D eigenvalue weighted by atomic mass is 9.81. The van der Waals surface area contributed by atoms with Crippen molar-refractivity contribution >= 4 is 0 Å². The molecule has 1 N–H and O–H groups in total. The molecule has 0 bridgehead atoms. The van der Waals surface area contributed by atoms with E-state index in [1.54, 1.807) is 5.56 Å². The zero-order valence-electron chi connectivity index (χ0n) is 9.25. The Hall–Kier alpha value is -0.820. The molecule has 0 aromatic heterocycles. The van der Waals surface area contributed by atoms with Gasteiger partial charge in [0.25, 0.3) is 0 Å². The van der Waals surface area contributed by atoms with Crippen LogP contribution in [0.4, 0.5) is 0 Å². The number of rotatable bonds is 1. The van der Waals surface area contributed by atoms with E-state index in [1.165, 1.54) is 5.56 Å². The molecule has 1 aliphatic rings. The van der Waals surface area contributed by atoms with Crippen molar-refractivity contribution in [1.29, 1.82) is 0 Å². The van der Waals surface area contributed by atoms with Gasteiger partial charge >= 0.3 is 0 Å². The molecule has 2 rings (SSSR count). The highest BCUT2D eigenvalue weighted by Crippen LogP contribution is 2.33. The second kappa shape index (κ2) is 3.74. The van der Waals surface area contributed by atoms with E-state index in [4.69, 9.17) is 0 Å². The predicted molar refractivity (Wildman–Crippen MR) is 60.4 cm³/mol. The van der Waals surface area contributed by atoms with Crippen LogP contribution in [0.5, 0.6) is 0 Å². The third-order valence-electron chi connectivity index (χ3n) is 3.31. The van der Waals surface area contributed by atoms with Crippen molar-refractivity contribution in [1.82, 2.24) is 5.32 Å². The maximum absolute atomic E-state index is 3.57. The molecule has 1 heteroatoms. The second-order valence-electron chi connectivity index (χ2n) is 4.61. The Labute approximate surface area is 86.5 Å². The summed E-state index contributed by atoms with van der Waals surface area (Å²) >= 11 is 0. The number of benzene rings is 1. The second-order valence-corrected chi connectivity index (χ2v) is 4.61. The van der Waals surface area contributed by atoms with Crippen LogP contribution in [0.2, 0.25) is 0 Å². The fourth-order valence-electron chi connectivity index (χ4n) is 2.36. The van der Waals surface area contributed by atoms with Crippen molar-refractivity contribution in [3.63, 3.8) is 0 Å². The maximum atomic E-state index is 3.57. The first-order chi connectivity index (χ1) is 6.70. The summed E-state index contributed by atoms with van der Waals surface area (Å²) in [5.74, 6) is 1.40. The summed E-state index contributed by atoms with van der Waals surface area (Å²) < 4.78 is 0. The summed E-state index contributed by atoms with van der Waals surface area (Å²) in [7, 11) is 0. The van der Waals surface area contributed by atoms with E-state index in [2.05, 4.69) is 50.4 Å². The van der Waals surface area contributed by atoms with Crippen LogP contribution in [-0.2, 0) is 0 Å². The van der Waals surface area contributed by atoms with E-state index >= 15 is 0 Å². The van der Waals surface area contributed by atoms with Crippen molar-refractivity contribution in [3.05, 3.63) is 35.4 Å². The minimum atomic E-state index is 0.515. The SMILES string of the molecule is CC1NCC(C(C)C)c2ccccc21. The molecular weight excluding hydrogens is 170 g/mol. The fraction of sp³-hybridized carbons (Fsp3) is 0.538. The molecule has 2 unspecified atom stereocenters. The summed E-state index contributed by atoms with van der Waals surface area (Å²) in [5.41, 5.74) is 3.03. The van der Waals surface area contributed by atoms with E-state index in [0.717, 1.165) is 12.5 Å². The van der Waals surface area contributed by atoms with Crippen LogP contribution in [-0.4, -0.2) is 6.54 Å². The molecule has 0 aliphatic carbocycles. The molecule has 14 heavy (non-hydrogen) atoms. The van der Waals surface area contributed by atoms with Crippen molar-refractivity contribution in [2.45, 2.75) is 32.7 Å². The Bertz CT molecular complexity index is 317. The molecule has 1 aromatic rings. The van der Waals surface area contributed by atoms with Crippen molar-refractivity contribution < 1.29 is 0 Å². The lowest BCUT2D eigenvalue weighted by Gasteiger charge is -2.33. The average Bonchev–Trinajstić information content (AvgIpc) is 2.18. The van der Waals surface area contributed by atoms with Crippen LogP contribution in [0.25, 0.3) is 0 Å². The van der Waals surface area contributed by atoms with Gasteiger partial charge in [0.15, 0.2) is 0 Å². The monoisotopic (exact) mass is 189 g/mol. The molecule has 0 saturated heterocycles. The van der Waals surface area contributed by atoms with Gasteiger partial charge in [0.05, 0.1) is 0 Å². The number of fused-ring (bicyclic) bond motifs is 1. The summed E-state index contributed by atoms with van der Waals surface area (Å²) in [6.45, 7) is 7.98. The number of hydrogen-bond acceptors (Lipinski definition) is 1. The summed E-state index contributed by atoms with van der Waals surface area (Å²) in [6, 6.07) is 9.35. The maximum Gasteiger partial charge on any atom is 0.0294 e. The lowest BCUT2D eigenvalue weighted by molar-refractivity contribution is 0.403. The molecule has 2 atom stereocenters. The third kappa shape index (κ3) is 1.57. The van der Waals surface area contributed by atoms with E-state index in [9.17, 15) is 0 Å². The van der Waals surface area contributed by atoms with E-state index < -0.39 is 0 Å². The average molecular weight is 189 g/mol. The molecular formula is C13H19N. The summed E-state index contributed by atoms with van der Waals surface area (Å²) in [5, 5.41) is 3.57. The van der Waals surface area contributed by atoms with Crippen LogP contribution < -0.4 is 5.32 Å². The highest BCUT2D eigenvalue weighted by molar-refractivity contribution is 5.35. The summed E-state index contributed by atoms with van der Waals surface area (Å²) in [6.07, 6.45) is 0. The highest BCUT2D eigenvalue weighted by Gasteiger charge is 2.25. The van der Waals surface area contributed by atoms with Gasteiger partial charge in [-0.25, -0.2) is 0 Å². The molecule has 0 amide bonds. The standard InChI is InChI=1S/C13H19N/c1-9(2)13-8-14-10(3)11-6-4-5-7-12(11)13/h4-7,9-10,13-14H,8H2,1-3H3. The topological polar surface area (TPSA) is 12.0 Å². The molecule has 1 aromatic carbocycles. The number of hydrogen-bond donors (Lipinski definition) is 1. The minimum Gasteiger partial charge on any atom is -0.310 e. The zero-order valence-corrected chi connectivity index (χ0v) is 9.25. The highest BCUT2D eigenvalue weighted by atomic mass is 14.9. The molecule has 1 nitrogen and oxygen atoms in total. The zero-order chi connectivity index (χ0) is 10.1. The molecule has 76 valence electrons. The smallest absolute Gasteiger partial charge is 0.0294 e. The molecule has 0 saturated carbocycles. The van der Waals surface area contributed by atoms with Crippen molar-refractivity contribution in [3.8, 4) is 0 Å². The van der Waals surface area contributed by atoms with Gasteiger partial charge in [-0.2, -0.15) is 0 Å². The Morgan fingerprint density at radius 1 is 1.21 bits per heavy atom. The van der Waals surface area contributed by atoms with Crippen LogP contribution in [0.3, 0.4) is 0 Å². The summed E-state index contributed by atoms with van der Waals surface area (Å²) in [4.78, 5) is 0. The molecule has 1 aliphatic heterocycles. The number of nitrogens with one attached hydrogen (secondary N) is 1. The first-order valence-corrected chi connectivity index (χ1v) is 5.52. The van der Waals surface area contributed by atoms with E-state index in [1.807, 2.05) is 0 Å². The van der Waals surface area contributed by atoms with Gasteiger partial charge in [0.2, 0.25) is 0 Å². The van der Waals surface area contributed by atoms with Gasteiger partial charge in [0.1, 0.15) is 0 Å². The Kier molecular flexibility index (Phi) is 2.60. The molecule has 0 spiro atoms. The Morgan fingerprint density at radius 3 is 2.50 bits per heavy atom. The minimum absolute atomic E-state index is 0.515. The third-order valence-corrected chi connectivity index (χ3v) is 3.31. The van der Waals surface area contributed by atoms with Gasteiger partial charge in [-0.3, -0.25) is 0 Å².